The molecular weight excluding hydrogens is 268 g/mol. The van der Waals surface area contributed by atoms with Gasteiger partial charge in [-0.25, -0.2) is 0 Å². The van der Waals surface area contributed by atoms with Crippen LogP contribution < -0.4 is 10.6 Å². The van der Waals surface area contributed by atoms with E-state index in [4.69, 9.17) is 15.3 Å². The summed E-state index contributed by atoms with van der Waals surface area (Å²) in [7, 11) is 1.70. The maximum Gasteiger partial charge on any atom is 0.305 e. The van der Waals surface area contributed by atoms with E-state index in [0.29, 0.717) is 0 Å². The van der Waals surface area contributed by atoms with E-state index in [1.54, 1.807) is 14.0 Å². The SMILES string of the molecule is CC(C)(CO)[C@@H](O)C(=O)NCCC(=O)O.CNC(C)O. The zero-order valence-corrected chi connectivity index (χ0v) is 12.4. The van der Waals surface area contributed by atoms with Crippen molar-refractivity contribution in [2.45, 2.75) is 39.5 Å². The van der Waals surface area contributed by atoms with Crippen molar-refractivity contribution in [1.29, 1.82) is 0 Å². The lowest BCUT2D eigenvalue weighted by Gasteiger charge is -2.26. The first-order valence-electron chi connectivity index (χ1n) is 6.22. The summed E-state index contributed by atoms with van der Waals surface area (Å²) in [6.45, 7) is 4.37. The molecule has 1 unspecified atom stereocenters. The predicted molar refractivity (Wildman–Crippen MR) is 72.9 cm³/mol. The summed E-state index contributed by atoms with van der Waals surface area (Å²) in [4.78, 5) is 21.4. The molecule has 2 atom stereocenters. The van der Waals surface area contributed by atoms with Gasteiger partial charge in [0.25, 0.3) is 0 Å². The van der Waals surface area contributed by atoms with Crippen molar-refractivity contribution < 1.29 is 30.0 Å². The van der Waals surface area contributed by atoms with Crippen LogP contribution in [0.15, 0.2) is 0 Å². The van der Waals surface area contributed by atoms with E-state index in [1.165, 1.54) is 13.8 Å². The highest BCUT2D eigenvalue weighted by molar-refractivity contribution is 5.81. The summed E-state index contributed by atoms with van der Waals surface area (Å²) in [5.74, 6) is -1.69. The van der Waals surface area contributed by atoms with Gasteiger partial charge in [0.1, 0.15) is 12.3 Å². The van der Waals surface area contributed by atoms with E-state index < -0.39 is 23.4 Å². The minimum absolute atomic E-state index is 0.0350. The van der Waals surface area contributed by atoms with Crippen molar-refractivity contribution in [2.24, 2.45) is 5.41 Å². The third-order valence-electron chi connectivity index (χ3n) is 2.45. The van der Waals surface area contributed by atoms with Crippen molar-refractivity contribution in [3.05, 3.63) is 0 Å². The Balaban J connectivity index is 0. The monoisotopic (exact) mass is 294 g/mol. The summed E-state index contributed by atoms with van der Waals surface area (Å²) < 4.78 is 0. The van der Waals surface area contributed by atoms with Crippen LogP contribution in [-0.2, 0) is 9.59 Å². The molecule has 0 rings (SSSR count). The highest BCUT2D eigenvalue weighted by Gasteiger charge is 2.32. The van der Waals surface area contributed by atoms with Crippen molar-refractivity contribution >= 4 is 11.9 Å². The molecule has 0 aromatic carbocycles. The molecule has 0 heterocycles. The van der Waals surface area contributed by atoms with Crippen LogP contribution in [0.3, 0.4) is 0 Å². The largest absolute Gasteiger partial charge is 0.481 e. The molecule has 0 aromatic rings. The summed E-state index contributed by atoms with van der Waals surface area (Å²) in [6, 6.07) is 0. The van der Waals surface area contributed by atoms with Gasteiger partial charge in [0.05, 0.1) is 13.0 Å². The number of aliphatic carboxylic acids is 1. The number of aliphatic hydroxyl groups excluding tert-OH is 3. The minimum atomic E-state index is -1.35. The molecule has 8 nitrogen and oxygen atoms in total. The number of carboxylic acid groups (broad SMARTS) is 1. The second kappa shape index (κ2) is 10.6. The van der Waals surface area contributed by atoms with Gasteiger partial charge < -0.3 is 25.7 Å². The van der Waals surface area contributed by atoms with Gasteiger partial charge in [0.2, 0.25) is 5.91 Å². The maximum absolute atomic E-state index is 11.3. The Morgan fingerprint density at radius 2 is 1.70 bits per heavy atom. The molecule has 0 fully saturated rings. The molecule has 0 aliphatic carbocycles. The Kier molecular flexibility index (Phi) is 11.1. The van der Waals surface area contributed by atoms with E-state index in [1.807, 2.05) is 0 Å². The van der Waals surface area contributed by atoms with Crippen molar-refractivity contribution in [3.63, 3.8) is 0 Å². The van der Waals surface area contributed by atoms with E-state index in [0.717, 1.165) is 0 Å². The van der Waals surface area contributed by atoms with Crippen LogP contribution in [0.5, 0.6) is 0 Å². The molecule has 120 valence electrons. The zero-order chi connectivity index (χ0) is 16.3. The molecule has 0 saturated heterocycles. The number of aliphatic hydroxyl groups is 3. The molecule has 1 amide bonds. The van der Waals surface area contributed by atoms with Gasteiger partial charge in [-0.2, -0.15) is 0 Å². The van der Waals surface area contributed by atoms with Crippen LogP contribution >= 0.6 is 0 Å². The number of nitrogens with one attached hydrogen (secondary N) is 2. The smallest absolute Gasteiger partial charge is 0.305 e. The molecule has 0 aliphatic heterocycles. The lowest BCUT2D eigenvalue weighted by molar-refractivity contribution is -0.138. The molecule has 0 aromatic heterocycles. The first kappa shape index (κ1) is 21.1. The Bertz CT molecular complexity index is 294. The second-order valence-corrected chi connectivity index (χ2v) is 4.95. The topological polar surface area (TPSA) is 139 Å². The fourth-order valence-electron chi connectivity index (χ4n) is 0.831. The minimum Gasteiger partial charge on any atom is -0.481 e. The molecular formula is C12H26N2O6. The van der Waals surface area contributed by atoms with Crippen LogP contribution in [0.2, 0.25) is 0 Å². The molecule has 20 heavy (non-hydrogen) atoms. The number of carboxylic acids is 1. The van der Waals surface area contributed by atoms with E-state index in [9.17, 15) is 14.7 Å². The highest BCUT2D eigenvalue weighted by Crippen LogP contribution is 2.19. The number of rotatable bonds is 7. The summed E-state index contributed by atoms with van der Waals surface area (Å²) in [6.07, 6.45) is -1.91. The van der Waals surface area contributed by atoms with Gasteiger partial charge in [0.15, 0.2) is 0 Å². The zero-order valence-electron chi connectivity index (χ0n) is 12.4. The quantitative estimate of drug-likeness (QED) is 0.314. The van der Waals surface area contributed by atoms with Crippen LogP contribution in [-0.4, -0.2) is 64.8 Å². The first-order chi connectivity index (χ1) is 9.08. The van der Waals surface area contributed by atoms with Crippen molar-refractivity contribution in [2.75, 3.05) is 20.2 Å². The molecule has 6 N–H and O–H groups in total. The lowest BCUT2D eigenvalue weighted by Crippen LogP contribution is -2.45. The number of carbonyl (C=O) groups is 2. The van der Waals surface area contributed by atoms with E-state index >= 15 is 0 Å². The molecule has 8 heteroatoms. The summed E-state index contributed by atoms with van der Waals surface area (Å²) in [5, 5.41) is 39.8. The Labute approximate surface area is 118 Å². The van der Waals surface area contributed by atoms with Crippen molar-refractivity contribution in [3.8, 4) is 0 Å². The van der Waals surface area contributed by atoms with Gasteiger partial charge in [0, 0.05) is 12.0 Å². The van der Waals surface area contributed by atoms with Crippen LogP contribution in [0.1, 0.15) is 27.2 Å². The number of carbonyl (C=O) groups excluding carboxylic acids is 1. The van der Waals surface area contributed by atoms with Gasteiger partial charge >= 0.3 is 5.97 Å². The van der Waals surface area contributed by atoms with Crippen molar-refractivity contribution in [1.82, 2.24) is 10.6 Å². The summed E-state index contributed by atoms with van der Waals surface area (Å²) >= 11 is 0. The molecule has 0 bridgehead atoms. The molecule has 0 saturated carbocycles. The molecule has 0 aliphatic rings. The predicted octanol–water partition coefficient (Wildman–Crippen LogP) is -1.50. The lowest BCUT2D eigenvalue weighted by atomic mass is 9.87. The fraction of sp³-hybridized carbons (Fsp3) is 0.833. The van der Waals surface area contributed by atoms with Crippen LogP contribution in [0, 0.1) is 5.41 Å². The third kappa shape index (κ3) is 10.7. The van der Waals surface area contributed by atoms with Crippen LogP contribution in [0.4, 0.5) is 0 Å². The molecule has 0 radical (unpaired) electrons. The molecule has 0 spiro atoms. The van der Waals surface area contributed by atoms with Gasteiger partial charge in [-0.1, -0.05) is 13.8 Å². The average Bonchev–Trinajstić information content (AvgIpc) is 2.37. The Hall–Kier alpha value is -1.22. The van der Waals surface area contributed by atoms with Gasteiger partial charge in [-0.3, -0.25) is 14.9 Å². The normalized spacial score (nSPS) is 13.8. The fourth-order valence-corrected chi connectivity index (χ4v) is 0.831. The Morgan fingerprint density at radius 3 is 2.00 bits per heavy atom. The standard InChI is InChI=1S/C9H17NO5.C3H9NO/c1-9(2,5-11)7(14)8(15)10-4-3-6(12)13;1-3(5)4-2/h7,11,14H,3-5H2,1-2H3,(H,10,15)(H,12,13);3-5H,1-2H3/t7-;/m0./s1. The van der Waals surface area contributed by atoms with E-state index in [2.05, 4.69) is 10.6 Å². The van der Waals surface area contributed by atoms with Crippen LogP contribution in [0.25, 0.3) is 0 Å². The number of hydrogen-bond donors (Lipinski definition) is 6. The summed E-state index contributed by atoms with van der Waals surface area (Å²) in [5.41, 5.74) is -0.937. The van der Waals surface area contributed by atoms with Gasteiger partial charge in [-0.15, -0.1) is 0 Å². The second-order valence-electron chi connectivity index (χ2n) is 4.95. The first-order valence-corrected chi connectivity index (χ1v) is 6.22. The third-order valence-corrected chi connectivity index (χ3v) is 2.45. The number of hydrogen-bond acceptors (Lipinski definition) is 6. The highest BCUT2D eigenvalue weighted by atomic mass is 16.4. The van der Waals surface area contributed by atoms with Gasteiger partial charge in [-0.05, 0) is 14.0 Å². The average molecular weight is 294 g/mol. The number of amides is 1. The Morgan fingerprint density at radius 1 is 1.25 bits per heavy atom. The maximum atomic E-state index is 11.3. The van der Waals surface area contributed by atoms with E-state index in [-0.39, 0.29) is 25.8 Å².